The summed E-state index contributed by atoms with van der Waals surface area (Å²) in [5.41, 5.74) is 11.2. The van der Waals surface area contributed by atoms with Crippen LogP contribution in [0.2, 0.25) is 5.28 Å². The normalized spacial score (nSPS) is 10.7. The molecule has 0 saturated heterocycles. The molecule has 3 heterocycles. The van der Waals surface area contributed by atoms with Gasteiger partial charge in [0.2, 0.25) is 23.0 Å². The van der Waals surface area contributed by atoms with Crippen molar-refractivity contribution in [3.8, 4) is 33.8 Å². The number of hydrogen-bond acceptors (Lipinski definition) is 12. The number of rotatable bonds is 18. The first-order chi connectivity index (χ1) is 37.9. The average Bonchev–Trinajstić information content (AvgIpc) is 3.44. The third kappa shape index (κ3) is 19.5. The number of halogens is 1. The Bertz CT molecular complexity index is 3300. The van der Waals surface area contributed by atoms with Crippen LogP contribution in [0.15, 0.2) is 158 Å². The summed E-state index contributed by atoms with van der Waals surface area (Å²) in [4.78, 5) is 83.6. The number of aliphatic carboxylic acids is 1. The number of carboxylic acid groups (broad SMARTS) is 1. The molecule has 406 valence electrons. The number of esters is 1. The zero-order valence-electron chi connectivity index (χ0n) is 45.2. The van der Waals surface area contributed by atoms with Crippen molar-refractivity contribution in [2.24, 2.45) is 17.8 Å². The number of carbonyl (C=O) groups is 5. The predicted molar refractivity (Wildman–Crippen MR) is 308 cm³/mol. The summed E-state index contributed by atoms with van der Waals surface area (Å²) < 4.78 is 4.98. The van der Waals surface area contributed by atoms with Crippen molar-refractivity contribution in [3.63, 3.8) is 0 Å². The van der Waals surface area contributed by atoms with Gasteiger partial charge >= 0.3 is 11.9 Å². The van der Waals surface area contributed by atoms with E-state index in [0.29, 0.717) is 31.1 Å². The van der Waals surface area contributed by atoms with Gasteiger partial charge in [0, 0.05) is 82.9 Å². The second-order valence-electron chi connectivity index (χ2n) is 19.1. The van der Waals surface area contributed by atoms with Crippen molar-refractivity contribution >= 4 is 58.3 Å². The van der Waals surface area contributed by atoms with Crippen LogP contribution in [0, 0.1) is 17.8 Å². The van der Waals surface area contributed by atoms with Crippen LogP contribution in [0.5, 0.6) is 0 Å². The van der Waals surface area contributed by atoms with E-state index in [2.05, 4.69) is 45.9 Å². The maximum atomic E-state index is 11.8. The van der Waals surface area contributed by atoms with Crippen LogP contribution in [0.1, 0.15) is 82.4 Å². The minimum atomic E-state index is -0.844. The molecule has 3 amide bonds. The highest BCUT2D eigenvalue weighted by Crippen LogP contribution is 2.24. The highest BCUT2D eigenvalue weighted by Gasteiger charge is 2.12. The lowest BCUT2D eigenvalue weighted by atomic mass is 10.1. The van der Waals surface area contributed by atoms with Gasteiger partial charge < -0.3 is 25.8 Å². The number of anilines is 3. The lowest BCUT2D eigenvalue weighted by Gasteiger charge is -2.09. The fourth-order valence-corrected chi connectivity index (χ4v) is 7.43. The summed E-state index contributed by atoms with van der Waals surface area (Å²) in [6.45, 7) is 13.3. The smallest absolute Gasteiger partial charge is 0.310 e. The van der Waals surface area contributed by atoms with Gasteiger partial charge in [-0.25, -0.2) is 29.9 Å². The summed E-state index contributed by atoms with van der Waals surface area (Å²) in [5, 5.41) is 17.7. The molecule has 0 spiro atoms. The molecule has 0 unspecified atom stereocenters. The molecule has 0 aliphatic heterocycles. The number of aromatic nitrogens is 6. The average molecular weight is 1080 g/mol. The van der Waals surface area contributed by atoms with Crippen LogP contribution in [0.25, 0.3) is 33.8 Å². The summed E-state index contributed by atoms with van der Waals surface area (Å²) >= 11 is 5.75. The Morgan fingerprint density at radius 2 is 0.785 bits per heavy atom. The summed E-state index contributed by atoms with van der Waals surface area (Å²) in [6, 6.07) is 43.4. The Hall–Kier alpha value is -9.02. The lowest BCUT2D eigenvalue weighted by molar-refractivity contribution is -0.142. The van der Waals surface area contributed by atoms with E-state index in [-0.39, 0.29) is 59.6 Å². The number of carbonyl (C=O) groups excluding carboxylic acids is 4. The van der Waals surface area contributed by atoms with Crippen molar-refractivity contribution in [2.75, 3.05) is 22.6 Å². The number of hydrogen-bond donors (Lipinski definition) is 4. The van der Waals surface area contributed by atoms with E-state index in [1.54, 1.807) is 31.6 Å². The molecule has 0 radical (unpaired) electrons. The molecule has 0 fully saturated rings. The molecule has 79 heavy (non-hydrogen) atoms. The molecule has 17 heteroatoms. The minimum Gasteiger partial charge on any atom is -0.481 e. The van der Waals surface area contributed by atoms with E-state index in [9.17, 15) is 24.0 Å². The first-order valence-corrected chi connectivity index (χ1v) is 26.2. The van der Waals surface area contributed by atoms with Gasteiger partial charge in [-0.15, -0.1) is 0 Å². The molecule has 0 aliphatic rings. The van der Waals surface area contributed by atoms with Crippen LogP contribution in [-0.2, 0) is 54.4 Å². The predicted octanol–water partition coefficient (Wildman–Crippen LogP) is 11.8. The van der Waals surface area contributed by atoms with Gasteiger partial charge in [0.15, 0.2) is 0 Å². The number of carboxylic acids is 1. The van der Waals surface area contributed by atoms with E-state index in [1.165, 1.54) is 0 Å². The zero-order chi connectivity index (χ0) is 56.8. The lowest BCUT2D eigenvalue weighted by Crippen LogP contribution is -2.17. The third-order valence-corrected chi connectivity index (χ3v) is 11.9. The number of nitrogens with one attached hydrogen (secondary N) is 3. The van der Waals surface area contributed by atoms with Crippen LogP contribution in [0.3, 0.4) is 0 Å². The fraction of sp³-hybridized carbons (Fsp3) is 0.242. The Morgan fingerprint density at radius 1 is 0.456 bits per heavy atom. The van der Waals surface area contributed by atoms with Crippen LogP contribution >= 0.6 is 11.6 Å². The Morgan fingerprint density at radius 3 is 1.11 bits per heavy atom. The maximum Gasteiger partial charge on any atom is 0.310 e. The zero-order valence-corrected chi connectivity index (χ0v) is 46.0. The van der Waals surface area contributed by atoms with Crippen LogP contribution < -0.4 is 16.0 Å². The van der Waals surface area contributed by atoms with E-state index in [0.717, 1.165) is 73.1 Å². The molecule has 8 aromatic rings. The molecule has 3 aromatic heterocycles. The molecule has 16 nitrogen and oxygen atoms in total. The summed E-state index contributed by atoms with van der Waals surface area (Å²) in [7, 11) is 0. The fourth-order valence-electron chi connectivity index (χ4n) is 7.29. The van der Waals surface area contributed by atoms with Gasteiger partial charge in [-0.1, -0.05) is 126 Å². The second kappa shape index (κ2) is 29.5. The largest absolute Gasteiger partial charge is 0.481 e. The number of amides is 3. The van der Waals surface area contributed by atoms with Gasteiger partial charge in [-0.05, 0) is 95.4 Å². The van der Waals surface area contributed by atoms with Gasteiger partial charge in [0.1, 0.15) is 11.6 Å². The first-order valence-electron chi connectivity index (χ1n) is 25.8. The number of ether oxygens (including phenoxy) is 1. The molecule has 0 aliphatic carbocycles. The van der Waals surface area contributed by atoms with Crippen molar-refractivity contribution in [1.82, 2.24) is 29.9 Å². The van der Waals surface area contributed by atoms with E-state index >= 15 is 0 Å². The molecule has 4 N–H and O–H groups in total. The van der Waals surface area contributed by atoms with Crippen molar-refractivity contribution < 1.29 is 33.8 Å². The van der Waals surface area contributed by atoms with E-state index < -0.39 is 5.97 Å². The van der Waals surface area contributed by atoms with Gasteiger partial charge in [-0.2, -0.15) is 0 Å². The molecule has 0 bridgehead atoms. The first kappa shape index (κ1) is 59.2. The van der Waals surface area contributed by atoms with Crippen LogP contribution in [0.4, 0.5) is 17.1 Å². The molecule has 0 saturated carbocycles. The maximum absolute atomic E-state index is 11.8. The highest BCUT2D eigenvalue weighted by atomic mass is 35.5. The van der Waals surface area contributed by atoms with E-state index in [4.69, 9.17) is 21.4 Å². The minimum absolute atomic E-state index is 0.00201. The van der Waals surface area contributed by atoms with Gasteiger partial charge in [-0.3, -0.25) is 24.0 Å². The van der Waals surface area contributed by atoms with Crippen LogP contribution in [-0.4, -0.2) is 71.3 Å². The van der Waals surface area contributed by atoms with Gasteiger partial charge in [0.05, 0.1) is 36.5 Å². The molecule has 5 aromatic carbocycles. The molecular formula is C62H64ClN9O7. The van der Waals surface area contributed by atoms with Gasteiger partial charge in [0.25, 0.3) is 0 Å². The monoisotopic (exact) mass is 1080 g/mol. The van der Waals surface area contributed by atoms with Crippen molar-refractivity contribution in [3.05, 3.63) is 197 Å². The topological polar surface area (TPSA) is 228 Å². The molecule has 8 rings (SSSR count). The second-order valence-corrected chi connectivity index (χ2v) is 19.5. The molecular weight excluding hydrogens is 1020 g/mol. The quantitative estimate of drug-likeness (QED) is 0.0464. The molecule has 0 atom stereocenters. The number of benzene rings is 5. The summed E-state index contributed by atoms with van der Waals surface area (Å²) in [6.07, 6.45) is 6.53. The van der Waals surface area contributed by atoms with Crippen molar-refractivity contribution in [2.45, 2.75) is 74.1 Å². The Kier molecular flexibility index (Phi) is 22.1. The third-order valence-electron chi connectivity index (χ3n) is 11.7. The standard InChI is InChI=1S/C25H27N3O3.C23H23N3O3.C14H14ClN3O/c1-4-31-24(29)16-19-7-5-18(6-8-19)15-23-26-14-13-22(28-23)20-9-11-21(12-10-20)27-25(30)17(2)3;1-15(2)23(29)25-19-9-7-18(8-10-19)20-11-12-24-21(26-20)13-16-3-5-17(6-4-16)14-22(27)28;1-9(2)13(19)17-11-5-3-10(4-6-11)12-7-8-16-14(15)18-12/h5-14,17H,4,15-16H2,1-3H3,(H,27,30);3-12,15H,13-14H2,1-2H3,(H,25,29)(H,27,28);3-9H,1-2H3,(H,17,19). The SMILES string of the molecule is CC(C)C(=O)Nc1ccc(-c2ccnc(Cc3ccc(CC(=O)O)cc3)n2)cc1.CC(C)C(=O)Nc1ccc(-c2ccnc(Cl)n2)cc1.CCOC(=O)Cc1ccc(Cc2nccc(-c3ccc(NC(=O)C(C)C)cc3)n2)cc1. The van der Waals surface area contributed by atoms with E-state index in [1.807, 2.05) is 175 Å². The van der Waals surface area contributed by atoms with Crippen molar-refractivity contribution in [1.29, 1.82) is 0 Å². The number of nitrogens with zero attached hydrogens (tertiary/aromatic N) is 6. The Labute approximate surface area is 465 Å². The highest BCUT2D eigenvalue weighted by molar-refractivity contribution is 6.28. The Balaban J connectivity index is 0.000000197. The summed E-state index contributed by atoms with van der Waals surface area (Å²) in [5.74, 6) is 0.128.